The summed E-state index contributed by atoms with van der Waals surface area (Å²) in [7, 11) is 0. The second-order valence-corrected chi connectivity index (χ2v) is 3.52. The van der Waals surface area contributed by atoms with Crippen molar-refractivity contribution in [1.29, 1.82) is 0 Å². The molecule has 1 rings (SSSR count). The van der Waals surface area contributed by atoms with Crippen LogP contribution in [0.5, 0.6) is 0 Å². The van der Waals surface area contributed by atoms with Crippen molar-refractivity contribution < 1.29 is 4.79 Å². The van der Waals surface area contributed by atoms with Crippen LogP contribution in [0, 0.1) is 0 Å². The summed E-state index contributed by atoms with van der Waals surface area (Å²) in [6.45, 7) is 2.61. The first-order valence-corrected chi connectivity index (χ1v) is 4.88. The number of hydrogen-bond acceptors (Lipinski definition) is 4. The summed E-state index contributed by atoms with van der Waals surface area (Å²) in [6.07, 6.45) is 2.39. The van der Waals surface area contributed by atoms with Gasteiger partial charge in [0.2, 0.25) is 5.91 Å². The molecule has 1 atom stereocenters. The van der Waals surface area contributed by atoms with E-state index in [0.29, 0.717) is 17.7 Å². The molecule has 0 aromatic heterocycles. The Morgan fingerprint density at radius 3 is 2.71 bits per heavy atom. The van der Waals surface area contributed by atoms with Crippen molar-refractivity contribution >= 4 is 5.91 Å². The molecule has 1 unspecified atom stereocenters. The van der Waals surface area contributed by atoms with E-state index < -0.39 is 5.91 Å². The fraction of sp³-hybridized carbons (Fsp3) is 0.667. The van der Waals surface area contributed by atoms with Gasteiger partial charge in [0.25, 0.3) is 0 Å². The van der Waals surface area contributed by atoms with E-state index in [1.54, 1.807) is 5.01 Å². The molecule has 1 aliphatic rings. The summed E-state index contributed by atoms with van der Waals surface area (Å²) in [5.74, 6) is 5.35. The molecule has 80 valence electrons. The quantitative estimate of drug-likeness (QED) is 0.409. The minimum atomic E-state index is -0.421. The van der Waals surface area contributed by atoms with Gasteiger partial charge in [-0.15, -0.1) is 0 Å². The van der Waals surface area contributed by atoms with Crippen LogP contribution >= 0.6 is 0 Å². The third-order valence-corrected chi connectivity index (χ3v) is 2.53. The predicted molar refractivity (Wildman–Crippen MR) is 54.6 cm³/mol. The lowest BCUT2D eigenvalue weighted by Gasteiger charge is -2.33. The molecule has 1 saturated heterocycles. The first-order valence-electron chi connectivity index (χ1n) is 4.88. The SMILES string of the molecule is CC/C(C(N)=O)=C1/C(N)CCCN1N. The maximum atomic E-state index is 11.1. The minimum absolute atomic E-state index is 0.156. The van der Waals surface area contributed by atoms with E-state index in [9.17, 15) is 4.79 Å². The van der Waals surface area contributed by atoms with Gasteiger partial charge in [0.15, 0.2) is 0 Å². The monoisotopic (exact) mass is 198 g/mol. The molecule has 0 spiro atoms. The molecular weight excluding hydrogens is 180 g/mol. The zero-order valence-electron chi connectivity index (χ0n) is 8.49. The summed E-state index contributed by atoms with van der Waals surface area (Å²) in [6, 6.07) is -0.156. The van der Waals surface area contributed by atoms with Gasteiger partial charge in [-0.2, -0.15) is 0 Å². The number of piperidine rings is 1. The maximum Gasteiger partial charge on any atom is 0.246 e. The summed E-state index contributed by atoms with van der Waals surface area (Å²) in [4.78, 5) is 11.1. The molecule has 6 N–H and O–H groups in total. The normalized spacial score (nSPS) is 26.2. The largest absolute Gasteiger partial charge is 0.366 e. The summed E-state index contributed by atoms with van der Waals surface area (Å²) >= 11 is 0. The van der Waals surface area contributed by atoms with Gasteiger partial charge in [0, 0.05) is 18.2 Å². The summed E-state index contributed by atoms with van der Waals surface area (Å²) in [5, 5.41) is 1.55. The molecule has 14 heavy (non-hydrogen) atoms. The zero-order valence-corrected chi connectivity index (χ0v) is 8.49. The second kappa shape index (κ2) is 4.43. The first-order chi connectivity index (χ1) is 6.57. The number of nitrogens with zero attached hydrogens (tertiary/aromatic N) is 1. The van der Waals surface area contributed by atoms with Gasteiger partial charge in [-0.05, 0) is 19.3 Å². The highest BCUT2D eigenvalue weighted by Crippen LogP contribution is 2.21. The molecule has 5 heteroatoms. The minimum Gasteiger partial charge on any atom is -0.366 e. The predicted octanol–water partition coefficient (Wildman–Crippen LogP) is -0.567. The van der Waals surface area contributed by atoms with Gasteiger partial charge < -0.3 is 16.5 Å². The van der Waals surface area contributed by atoms with Crippen LogP contribution in [-0.2, 0) is 4.79 Å². The number of primary amides is 1. The number of rotatable bonds is 2. The number of nitrogens with two attached hydrogens (primary N) is 3. The average Bonchev–Trinajstić information content (AvgIpc) is 2.10. The summed E-state index contributed by atoms with van der Waals surface area (Å²) < 4.78 is 0. The molecule has 0 aromatic rings. The number of carbonyl (C=O) groups excluding carboxylic acids is 1. The van der Waals surface area contributed by atoms with Crippen LogP contribution in [0.25, 0.3) is 0 Å². The number of hydrazine groups is 1. The average molecular weight is 198 g/mol. The van der Waals surface area contributed by atoms with E-state index in [-0.39, 0.29) is 6.04 Å². The Hall–Kier alpha value is -1.07. The zero-order chi connectivity index (χ0) is 10.7. The van der Waals surface area contributed by atoms with Crippen molar-refractivity contribution in [2.45, 2.75) is 32.2 Å². The van der Waals surface area contributed by atoms with Crippen molar-refractivity contribution in [1.82, 2.24) is 5.01 Å². The molecule has 1 amide bonds. The van der Waals surface area contributed by atoms with E-state index in [0.717, 1.165) is 19.4 Å². The van der Waals surface area contributed by atoms with E-state index in [2.05, 4.69) is 0 Å². The molecule has 5 nitrogen and oxygen atoms in total. The van der Waals surface area contributed by atoms with E-state index in [1.807, 2.05) is 6.92 Å². The molecule has 1 fully saturated rings. The van der Waals surface area contributed by atoms with Gasteiger partial charge in [0.1, 0.15) is 0 Å². The van der Waals surface area contributed by atoms with Crippen LogP contribution < -0.4 is 17.3 Å². The van der Waals surface area contributed by atoms with E-state index in [4.69, 9.17) is 17.3 Å². The smallest absolute Gasteiger partial charge is 0.246 e. The number of hydrogen-bond donors (Lipinski definition) is 3. The fourth-order valence-corrected chi connectivity index (χ4v) is 1.83. The Morgan fingerprint density at radius 1 is 1.64 bits per heavy atom. The molecular formula is C9H18N4O. The van der Waals surface area contributed by atoms with Gasteiger partial charge in [0.05, 0.1) is 5.70 Å². The molecule has 0 aromatic carbocycles. The standard InChI is InChI=1S/C9H18N4O/c1-2-6(9(11)14)8-7(10)4-3-5-13(8)12/h7H,2-5,10,12H2,1H3,(H2,11,14)/b8-6+. The Morgan fingerprint density at radius 2 is 2.29 bits per heavy atom. The molecule has 0 saturated carbocycles. The third kappa shape index (κ3) is 2.05. The van der Waals surface area contributed by atoms with Crippen molar-refractivity contribution in [3.05, 3.63) is 11.3 Å². The molecule has 1 aliphatic heterocycles. The van der Waals surface area contributed by atoms with Gasteiger partial charge >= 0.3 is 0 Å². The van der Waals surface area contributed by atoms with E-state index >= 15 is 0 Å². The highest BCUT2D eigenvalue weighted by molar-refractivity contribution is 5.92. The summed E-state index contributed by atoms with van der Waals surface area (Å²) in [5.41, 5.74) is 12.4. The Bertz CT molecular complexity index is 250. The van der Waals surface area contributed by atoms with Crippen LogP contribution in [0.1, 0.15) is 26.2 Å². The van der Waals surface area contributed by atoms with Crippen molar-refractivity contribution in [3.63, 3.8) is 0 Å². The van der Waals surface area contributed by atoms with Gasteiger partial charge in [-0.1, -0.05) is 6.92 Å². The molecule has 0 aliphatic carbocycles. The first kappa shape index (κ1) is 11.0. The van der Waals surface area contributed by atoms with Crippen molar-refractivity contribution in [3.8, 4) is 0 Å². The van der Waals surface area contributed by atoms with Crippen LogP contribution in [-0.4, -0.2) is 23.5 Å². The Kier molecular flexibility index (Phi) is 3.49. The second-order valence-electron chi connectivity index (χ2n) is 3.52. The highest BCUT2D eigenvalue weighted by atomic mass is 16.1. The van der Waals surface area contributed by atoms with Crippen LogP contribution in [0.4, 0.5) is 0 Å². The molecule has 0 bridgehead atoms. The highest BCUT2D eigenvalue weighted by Gasteiger charge is 2.24. The van der Waals surface area contributed by atoms with Crippen LogP contribution in [0.3, 0.4) is 0 Å². The lowest BCUT2D eigenvalue weighted by molar-refractivity contribution is -0.114. The van der Waals surface area contributed by atoms with Crippen LogP contribution in [0.15, 0.2) is 11.3 Å². The van der Waals surface area contributed by atoms with Crippen molar-refractivity contribution in [2.75, 3.05) is 6.54 Å². The van der Waals surface area contributed by atoms with Gasteiger partial charge in [-0.3, -0.25) is 4.79 Å². The van der Waals surface area contributed by atoms with Crippen molar-refractivity contribution in [2.24, 2.45) is 17.3 Å². The topological polar surface area (TPSA) is 98.4 Å². The number of amides is 1. The number of carbonyl (C=O) groups is 1. The Labute approximate surface area is 83.9 Å². The fourth-order valence-electron chi connectivity index (χ4n) is 1.83. The van der Waals surface area contributed by atoms with Crippen LogP contribution in [0.2, 0.25) is 0 Å². The molecule has 1 heterocycles. The third-order valence-electron chi connectivity index (χ3n) is 2.53. The van der Waals surface area contributed by atoms with E-state index in [1.165, 1.54) is 0 Å². The lowest BCUT2D eigenvalue weighted by atomic mass is 9.97. The maximum absolute atomic E-state index is 11.1. The van der Waals surface area contributed by atoms with Gasteiger partial charge in [-0.25, -0.2) is 5.84 Å². The Balaban J connectivity index is 3.04. The molecule has 0 radical (unpaired) electrons. The lowest BCUT2D eigenvalue weighted by Crippen LogP contribution is -2.46.